The number of amides is 2. The Labute approximate surface area is 153 Å². The number of piperidine rings is 2. The van der Waals surface area contributed by atoms with Gasteiger partial charge in [-0.2, -0.15) is 5.10 Å². The van der Waals surface area contributed by atoms with Gasteiger partial charge in [0.05, 0.1) is 0 Å². The smallest absolute Gasteiger partial charge is 0.340 e. The van der Waals surface area contributed by atoms with Gasteiger partial charge in [0.1, 0.15) is 11.9 Å². The zero-order valence-corrected chi connectivity index (χ0v) is 15.9. The van der Waals surface area contributed by atoms with Crippen molar-refractivity contribution in [1.82, 2.24) is 25.0 Å². The molecule has 0 aliphatic carbocycles. The van der Waals surface area contributed by atoms with Crippen LogP contribution in [0.2, 0.25) is 0 Å². The number of carbonyl (C=O) groups excluding carboxylic acids is 2. The van der Waals surface area contributed by atoms with E-state index >= 15 is 0 Å². The third-order valence-electron chi connectivity index (χ3n) is 5.44. The van der Waals surface area contributed by atoms with Crippen LogP contribution < -0.4 is 5.69 Å². The summed E-state index contributed by atoms with van der Waals surface area (Å²) in [5.41, 5.74) is -0.608. The van der Waals surface area contributed by atoms with Crippen molar-refractivity contribution in [2.24, 2.45) is 5.41 Å². The highest BCUT2D eigenvalue weighted by molar-refractivity contribution is 5.88. The van der Waals surface area contributed by atoms with Crippen molar-refractivity contribution >= 4 is 11.8 Å². The summed E-state index contributed by atoms with van der Waals surface area (Å²) >= 11 is 0. The molecule has 1 aromatic heterocycles. The molecule has 0 aromatic carbocycles. The van der Waals surface area contributed by atoms with E-state index in [1.165, 1.54) is 0 Å². The number of H-pyrrole nitrogens is 2. The SMILES string of the molecule is CC(C)(C)C(C(=O)N1CCC(c2n[nH]c(=O)[nH]2)CC1)N1CCCCC1=O. The molecule has 2 fully saturated rings. The minimum absolute atomic E-state index is 0.0433. The van der Waals surface area contributed by atoms with E-state index < -0.39 is 6.04 Å². The normalized spacial score (nSPS) is 21.1. The summed E-state index contributed by atoms with van der Waals surface area (Å²) in [5.74, 6) is 0.957. The van der Waals surface area contributed by atoms with Crippen molar-refractivity contribution in [1.29, 1.82) is 0 Å². The Balaban J connectivity index is 1.70. The largest absolute Gasteiger partial charge is 0.341 e. The molecule has 8 nitrogen and oxygen atoms in total. The minimum atomic E-state index is -0.419. The molecular formula is C18H29N5O3. The van der Waals surface area contributed by atoms with Gasteiger partial charge in [-0.25, -0.2) is 9.89 Å². The first-order valence-corrected chi connectivity index (χ1v) is 9.50. The molecule has 2 saturated heterocycles. The summed E-state index contributed by atoms with van der Waals surface area (Å²) in [7, 11) is 0. The first-order chi connectivity index (χ1) is 12.3. The molecule has 8 heteroatoms. The lowest BCUT2D eigenvalue weighted by molar-refractivity contribution is -0.152. The molecule has 26 heavy (non-hydrogen) atoms. The first kappa shape index (κ1) is 18.7. The molecule has 0 radical (unpaired) electrons. The maximum atomic E-state index is 13.3. The summed E-state index contributed by atoms with van der Waals surface area (Å²) in [6.45, 7) is 7.98. The lowest BCUT2D eigenvalue weighted by Crippen LogP contribution is -2.58. The van der Waals surface area contributed by atoms with Crippen LogP contribution in [0.3, 0.4) is 0 Å². The van der Waals surface area contributed by atoms with Gasteiger partial charge in [0.25, 0.3) is 0 Å². The third kappa shape index (κ3) is 3.83. The second kappa shape index (κ2) is 7.25. The molecule has 1 aromatic rings. The highest BCUT2D eigenvalue weighted by atomic mass is 16.2. The minimum Gasteiger partial charge on any atom is -0.341 e. The van der Waals surface area contributed by atoms with E-state index in [9.17, 15) is 14.4 Å². The lowest BCUT2D eigenvalue weighted by Gasteiger charge is -2.44. The highest BCUT2D eigenvalue weighted by Gasteiger charge is 2.42. The van der Waals surface area contributed by atoms with E-state index in [0.717, 1.165) is 25.7 Å². The molecule has 144 valence electrons. The summed E-state index contributed by atoms with van der Waals surface area (Å²) in [6, 6.07) is -0.419. The van der Waals surface area contributed by atoms with Crippen molar-refractivity contribution < 1.29 is 9.59 Å². The number of nitrogens with one attached hydrogen (secondary N) is 2. The van der Waals surface area contributed by atoms with Gasteiger partial charge in [0, 0.05) is 32.0 Å². The maximum Gasteiger partial charge on any atom is 0.340 e. The zero-order valence-electron chi connectivity index (χ0n) is 15.9. The van der Waals surface area contributed by atoms with Gasteiger partial charge in [-0.3, -0.25) is 14.6 Å². The summed E-state index contributed by atoms with van der Waals surface area (Å²) in [5, 5.41) is 6.42. The average Bonchev–Trinajstić information content (AvgIpc) is 3.02. The number of aromatic nitrogens is 3. The van der Waals surface area contributed by atoms with Crippen molar-refractivity contribution in [2.45, 2.75) is 64.8 Å². The van der Waals surface area contributed by atoms with E-state index in [4.69, 9.17) is 0 Å². The summed E-state index contributed by atoms with van der Waals surface area (Å²) in [4.78, 5) is 43.3. The van der Waals surface area contributed by atoms with E-state index in [1.807, 2.05) is 25.7 Å². The quantitative estimate of drug-likeness (QED) is 0.843. The van der Waals surface area contributed by atoms with Crippen LogP contribution in [0.5, 0.6) is 0 Å². The van der Waals surface area contributed by atoms with Crippen molar-refractivity contribution in [3.05, 3.63) is 16.3 Å². The van der Waals surface area contributed by atoms with Crippen molar-refractivity contribution in [3.8, 4) is 0 Å². The number of rotatable bonds is 3. The van der Waals surface area contributed by atoms with Gasteiger partial charge in [-0.15, -0.1) is 0 Å². The number of hydrogen-bond acceptors (Lipinski definition) is 4. The molecule has 0 spiro atoms. The second-order valence-electron chi connectivity index (χ2n) is 8.48. The molecule has 1 atom stereocenters. The molecule has 2 aliphatic heterocycles. The predicted molar refractivity (Wildman–Crippen MR) is 96.6 cm³/mol. The van der Waals surface area contributed by atoms with Crippen LogP contribution in [0.15, 0.2) is 4.79 Å². The fourth-order valence-electron chi connectivity index (χ4n) is 4.09. The first-order valence-electron chi connectivity index (χ1n) is 9.50. The van der Waals surface area contributed by atoms with Crippen LogP contribution in [-0.2, 0) is 9.59 Å². The van der Waals surface area contributed by atoms with E-state index in [0.29, 0.717) is 31.9 Å². The molecule has 0 bridgehead atoms. The van der Waals surface area contributed by atoms with Gasteiger partial charge in [-0.1, -0.05) is 20.8 Å². The van der Waals surface area contributed by atoms with Gasteiger partial charge < -0.3 is 9.80 Å². The Bertz CT molecular complexity index is 709. The molecule has 2 N–H and O–H groups in total. The fraction of sp³-hybridized carbons (Fsp3) is 0.778. The topological polar surface area (TPSA) is 102 Å². The standard InChI is InChI=1S/C18H29N5O3/c1-18(2,3)14(23-9-5-4-6-13(23)24)16(25)22-10-7-12(8-11-22)15-19-17(26)21-20-15/h12,14H,4-11H2,1-3H3,(H2,19,20,21,26). The number of nitrogens with zero attached hydrogens (tertiary/aromatic N) is 3. The number of hydrogen-bond donors (Lipinski definition) is 2. The Morgan fingerprint density at radius 3 is 2.38 bits per heavy atom. The van der Waals surface area contributed by atoms with Crippen molar-refractivity contribution in [2.75, 3.05) is 19.6 Å². The van der Waals surface area contributed by atoms with Crippen LogP contribution in [0.4, 0.5) is 0 Å². The van der Waals surface area contributed by atoms with E-state index in [-0.39, 0.29) is 28.8 Å². The molecule has 2 amide bonds. The molecule has 3 rings (SSSR count). The molecule has 1 unspecified atom stereocenters. The molecule has 2 aliphatic rings. The monoisotopic (exact) mass is 363 g/mol. The highest BCUT2D eigenvalue weighted by Crippen LogP contribution is 2.31. The Morgan fingerprint density at radius 1 is 1.15 bits per heavy atom. The lowest BCUT2D eigenvalue weighted by atomic mass is 9.83. The second-order valence-corrected chi connectivity index (χ2v) is 8.48. The maximum absolute atomic E-state index is 13.3. The van der Waals surface area contributed by atoms with Crippen molar-refractivity contribution in [3.63, 3.8) is 0 Å². The Hall–Kier alpha value is -2.12. The average molecular weight is 363 g/mol. The Morgan fingerprint density at radius 2 is 1.85 bits per heavy atom. The zero-order chi connectivity index (χ0) is 18.9. The van der Waals surface area contributed by atoms with Crippen LogP contribution in [0, 0.1) is 5.41 Å². The van der Waals surface area contributed by atoms with E-state index in [2.05, 4.69) is 15.2 Å². The predicted octanol–water partition coefficient (Wildman–Crippen LogP) is 1.23. The molecular weight excluding hydrogens is 334 g/mol. The van der Waals surface area contributed by atoms with Crippen LogP contribution in [0.1, 0.15) is 64.6 Å². The van der Waals surface area contributed by atoms with Crippen LogP contribution in [0.25, 0.3) is 0 Å². The third-order valence-corrected chi connectivity index (χ3v) is 5.44. The fourth-order valence-corrected chi connectivity index (χ4v) is 4.09. The summed E-state index contributed by atoms with van der Waals surface area (Å²) < 4.78 is 0. The van der Waals surface area contributed by atoms with Crippen LogP contribution >= 0.6 is 0 Å². The summed E-state index contributed by atoms with van der Waals surface area (Å²) in [6.07, 6.45) is 3.93. The van der Waals surface area contributed by atoms with E-state index in [1.54, 1.807) is 4.90 Å². The van der Waals surface area contributed by atoms with Gasteiger partial charge in [0.2, 0.25) is 11.8 Å². The molecule has 0 saturated carbocycles. The molecule has 3 heterocycles. The Kier molecular flexibility index (Phi) is 5.20. The van der Waals surface area contributed by atoms with Crippen LogP contribution in [-0.4, -0.2) is 62.5 Å². The van der Waals surface area contributed by atoms with Gasteiger partial charge >= 0.3 is 5.69 Å². The van der Waals surface area contributed by atoms with Gasteiger partial charge in [0.15, 0.2) is 0 Å². The number of aromatic amines is 2. The number of likely N-dealkylation sites (tertiary alicyclic amines) is 2. The van der Waals surface area contributed by atoms with Gasteiger partial charge in [-0.05, 0) is 31.1 Å². The number of carbonyl (C=O) groups is 2.